The summed E-state index contributed by atoms with van der Waals surface area (Å²) in [7, 11) is 1.49. The zero-order chi connectivity index (χ0) is 20.6. The number of aryl methyl sites for hydroxylation is 1. The maximum absolute atomic E-state index is 14.3. The molecule has 1 atom stereocenters. The zero-order valence-electron chi connectivity index (χ0n) is 15.1. The Kier molecular flexibility index (Phi) is 5.82. The van der Waals surface area contributed by atoms with Crippen LogP contribution in [-0.2, 0) is 13.6 Å². The van der Waals surface area contributed by atoms with Gasteiger partial charge in [-0.05, 0) is 47.7 Å². The SMILES string of the molecule is Cc1c(Nc2ccc(I)cc2F)c2c(=O)n(C[C@H](O)CO)cnc2n(C)c1=O. The highest BCUT2D eigenvalue weighted by Gasteiger charge is 2.19. The first-order valence-corrected chi connectivity index (χ1v) is 9.42. The minimum absolute atomic E-state index is 0.0881. The number of anilines is 2. The number of nitrogens with one attached hydrogen (secondary N) is 1. The molecule has 0 amide bonds. The molecule has 0 saturated carbocycles. The lowest BCUT2D eigenvalue weighted by molar-refractivity contribution is 0.0802. The lowest BCUT2D eigenvalue weighted by Gasteiger charge is -2.17. The van der Waals surface area contributed by atoms with Crippen molar-refractivity contribution in [3.8, 4) is 0 Å². The summed E-state index contributed by atoms with van der Waals surface area (Å²) in [5, 5.41) is 21.7. The van der Waals surface area contributed by atoms with Crippen LogP contribution in [0.2, 0.25) is 0 Å². The predicted molar refractivity (Wildman–Crippen MR) is 111 cm³/mol. The van der Waals surface area contributed by atoms with E-state index in [0.717, 1.165) is 4.57 Å². The van der Waals surface area contributed by atoms with Crippen molar-refractivity contribution >= 4 is 45.0 Å². The standard InChI is InChI=1S/C18H18FIN4O4/c1-9-15(22-13-4-3-10(20)5-12(13)19)14-16(23(2)17(9)27)21-8-24(18(14)28)6-11(26)7-25/h3-5,8,11,22,25-26H,6-7H2,1-2H3/t11-/m0/s1. The molecule has 0 fully saturated rings. The smallest absolute Gasteiger partial charge is 0.264 e. The number of aromatic nitrogens is 3. The Labute approximate surface area is 172 Å². The van der Waals surface area contributed by atoms with E-state index in [-0.39, 0.29) is 40.1 Å². The topological polar surface area (TPSA) is 109 Å². The quantitative estimate of drug-likeness (QED) is 0.455. The van der Waals surface area contributed by atoms with Gasteiger partial charge in [0.2, 0.25) is 0 Å². The normalized spacial score (nSPS) is 12.4. The third kappa shape index (κ3) is 3.66. The molecule has 2 heterocycles. The van der Waals surface area contributed by atoms with E-state index < -0.39 is 24.1 Å². The van der Waals surface area contributed by atoms with Crippen molar-refractivity contribution in [3.05, 3.63) is 60.2 Å². The Hall–Kier alpha value is -2.31. The predicted octanol–water partition coefficient (Wildman–Crippen LogP) is 1.24. The van der Waals surface area contributed by atoms with Crippen LogP contribution in [0.3, 0.4) is 0 Å². The van der Waals surface area contributed by atoms with Gasteiger partial charge in [-0.25, -0.2) is 9.37 Å². The first kappa shape index (κ1) is 20.4. The van der Waals surface area contributed by atoms with Gasteiger partial charge in [0.05, 0.1) is 37.0 Å². The van der Waals surface area contributed by atoms with Crippen molar-refractivity contribution in [2.45, 2.75) is 19.6 Å². The summed E-state index contributed by atoms with van der Waals surface area (Å²) in [4.78, 5) is 29.8. The largest absolute Gasteiger partial charge is 0.394 e. The molecule has 8 nitrogen and oxygen atoms in total. The first-order chi connectivity index (χ1) is 13.2. The molecule has 148 valence electrons. The molecule has 0 aliphatic carbocycles. The fraction of sp³-hybridized carbons (Fsp3) is 0.278. The van der Waals surface area contributed by atoms with Crippen LogP contribution in [0, 0.1) is 16.3 Å². The van der Waals surface area contributed by atoms with Crippen molar-refractivity contribution in [2.75, 3.05) is 11.9 Å². The van der Waals surface area contributed by atoms with Crippen LogP contribution >= 0.6 is 22.6 Å². The molecule has 2 aromatic heterocycles. The fourth-order valence-corrected chi connectivity index (χ4v) is 3.35. The molecule has 0 saturated heterocycles. The van der Waals surface area contributed by atoms with Gasteiger partial charge in [0.15, 0.2) is 5.65 Å². The average molecular weight is 500 g/mol. The maximum atomic E-state index is 14.3. The second kappa shape index (κ2) is 7.97. The summed E-state index contributed by atoms with van der Waals surface area (Å²) in [5.41, 5.74) is -0.270. The molecule has 0 radical (unpaired) electrons. The average Bonchev–Trinajstić information content (AvgIpc) is 2.66. The molecule has 28 heavy (non-hydrogen) atoms. The van der Waals surface area contributed by atoms with Crippen LogP contribution in [0.5, 0.6) is 0 Å². The zero-order valence-corrected chi connectivity index (χ0v) is 17.3. The molecular weight excluding hydrogens is 482 g/mol. The van der Waals surface area contributed by atoms with Crippen molar-refractivity contribution in [1.29, 1.82) is 0 Å². The van der Waals surface area contributed by atoms with Crippen LogP contribution in [-0.4, -0.2) is 37.0 Å². The molecule has 0 aliphatic heterocycles. The summed E-state index contributed by atoms with van der Waals surface area (Å²) in [6.45, 7) is 0.849. The second-order valence-corrected chi connectivity index (χ2v) is 7.60. The Balaban J connectivity index is 2.29. The number of hydrogen-bond donors (Lipinski definition) is 3. The Morgan fingerprint density at radius 3 is 2.68 bits per heavy atom. The number of aliphatic hydroxyl groups is 2. The molecule has 1 aromatic carbocycles. The highest BCUT2D eigenvalue weighted by atomic mass is 127. The summed E-state index contributed by atoms with van der Waals surface area (Å²) in [5.74, 6) is -0.528. The van der Waals surface area contributed by atoms with Gasteiger partial charge in [0, 0.05) is 16.2 Å². The summed E-state index contributed by atoms with van der Waals surface area (Å²) in [6.07, 6.45) is 0.0590. The van der Waals surface area contributed by atoms with Gasteiger partial charge >= 0.3 is 0 Å². The molecular formula is C18H18FIN4O4. The van der Waals surface area contributed by atoms with Gasteiger partial charge in [-0.3, -0.25) is 18.7 Å². The van der Waals surface area contributed by atoms with Gasteiger partial charge in [-0.1, -0.05) is 0 Å². The van der Waals surface area contributed by atoms with Crippen molar-refractivity contribution in [3.63, 3.8) is 0 Å². The van der Waals surface area contributed by atoms with Gasteiger partial charge < -0.3 is 15.5 Å². The van der Waals surface area contributed by atoms with E-state index in [0.29, 0.717) is 3.57 Å². The van der Waals surface area contributed by atoms with E-state index in [1.54, 1.807) is 6.07 Å². The minimum Gasteiger partial charge on any atom is -0.394 e. The fourth-order valence-electron chi connectivity index (χ4n) is 2.89. The number of rotatable bonds is 5. The number of nitrogens with zero attached hydrogens (tertiary/aromatic N) is 3. The van der Waals surface area contributed by atoms with Gasteiger partial charge in [0.1, 0.15) is 11.2 Å². The molecule has 3 rings (SSSR count). The lowest BCUT2D eigenvalue weighted by Crippen LogP contribution is -2.32. The van der Waals surface area contributed by atoms with Crippen LogP contribution < -0.4 is 16.4 Å². The molecule has 0 bridgehead atoms. The number of fused-ring (bicyclic) bond motifs is 1. The number of aliphatic hydroxyl groups excluding tert-OH is 2. The minimum atomic E-state index is -1.14. The highest BCUT2D eigenvalue weighted by Crippen LogP contribution is 2.27. The van der Waals surface area contributed by atoms with Gasteiger partial charge in [-0.15, -0.1) is 0 Å². The highest BCUT2D eigenvalue weighted by molar-refractivity contribution is 14.1. The summed E-state index contributed by atoms with van der Waals surface area (Å²) in [6, 6.07) is 4.54. The lowest BCUT2D eigenvalue weighted by atomic mass is 10.1. The molecule has 0 spiro atoms. The first-order valence-electron chi connectivity index (χ1n) is 8.34. The van der Waals surface area contributed by atoms with E-state index in [2.05, 4.69) is 10.3 Å². The van der Waals surface area contributed by atoms with Crippen LogP contribution in [0.4, 0.5) is 15.8 Å². The van der Waals surface area contributed by atoms with E-state index in [1.165, 1.54) is 37.0 Å². The number of pyridine rings is 1. The second-order valence-electron chi connectivity index (χ2n) is 6.35. The maximum Gasteiger partial charge on any atom is 0.264 e. The molecule has 0 unspecified atom stereocenters. The van der Waals surface area contributed by atoms with E-state index in [4.69, 9.17) is 5.11 Å². The Morgan fingerprint density at radius 1 is 1.32 bits per heavy atom. The van der Waals surface area contributed by atoms with E-state index in [9.17, 15) is 19.1 Å². The molecule has 10 heteroatoms. The van der Waals surface area contributed by atoms with E-state index >= 15 is 0 Å². The Morgan fingerprint density at radius 2 is 2.04 bits per heavy atom. The summed E-state index contributed by atoms with van der Waals surface area (Å²) >= 11 is 1.98. The van der Waals surface area contributed by atoms with Crippen LogP contribution in [0.15, 0.2) is 34.1 Å². The number of hydrogen-bond acceptors (Lipinski definition) is 6. The molecule has 0 aliphatic rings. The van der Waals surface area contributed by atoms with Crippen molar-refractivity contribution in [2.24, 2.45) is 7.05 Å². The Bertz CT molecular complexity index is 1170. The molecule has 3 aromatic rings. The van der Waals surface area contributed by atoms with Crippen LogP contribution in [0.1, 0.15) is 5.56 Å². The van der Waals surface area contributed by atoms with Crippen molar-refractivity contribution < 1.29 is 14.6 Å². The molecule has 3 N–H and O–H groups in total. The monoisotopic (exact) mass is 500 g/mol. The van der Waals surface area contributed by atoms with Gasteiger partial charge in [-0.2, -0.15) is 0 Å². The number of halogens is 2. The third-order valence-corrected chi connectivity index (χ3v) is 5.07. The van der Waals surface area contributed by atoms with E-state index in [1.807, 2.05) is 22.6 Å². The van der Waals surface area contributed by atoms with Crippen LogP contribution in [0.25, 0.3) is 11.0 Å². The van der Waals surface area contributed by atoms with Gasteiger partial charge in [0.25, 0.3) is 11.1 Å². The van der Waals surface area contributed by atoms with Crippen molar-refractivity contribution in [1.82, 2.24) is 14.1 Å². The summed E-state index contributed by atoms with van der Waals surface area (Å²) < 4.78 is 17.4. The third-order valence-electron chi connectivity index (χ3n) is 4.39. The number of benzene rings is 1.